The van der Waals surface area contributed by atoms with Crippen LogP contribution in [-0.2, 0) is 20.7 Å². The quantitative estimate of drug-likeness (QED) is 0.0642. The first-order valence-electron chi connectivity index (χ1n) is 16.5. The standard InChI is InChI=1S/C35H52O7/c1-4-6-8-10-12-14-16-18-20-22-25-30(36)28(40-3)24-27-29(35(39)41-32(25)27)33-31(37)26(34(38)42-33)23-21-19-17-15-13-11-9-7-5-2/h24,36-37H,4-23H2,1-3H3/b33-29+. The number of methoxy groups -OCH3 is 1. The number of phenolic OH excluding ortho intramolecular Hbond substituents is 1. The summed E-state index contributed by atoms with van der Waals surface area (Å²) in [4.78, 5) is 25.8. The first kappa shape index (κ1) is 33.5. The van der Waals surface area contributed by atoms with Gasteiger partial charge in [0.05, 0.1) is 12.7 Å². The van der Waals surface area contributed by atoms with Crippen LogP contribution in [-0.4, -0.2) is 29.3 Å². The molecule has 7 nitrogen and oxygen atoms in total. The molecule has 42 heavy (non-hydrogen) atoms. The number of carbonyl (C=O) groups is 2. The van der Waals surface area contributed by atoms with Gasteiger partial charge in [0, 0.05) is 11.1 Å². The average molecular weight is 585 g/mol. The van der Waals surface area contributed by atoms with Crippen molar-refractivity contribution in [1.29, 1.82) is 0 Å². The van der Waals surface area contributed by atoms with E-state index in [0.29, 0.717) is 24.0 Å². The Morgan fingerprint density at radius 2 is 1.17 bits per heavy atom. The van der Waals surface area contributed by atoms with Crippen molar-refractivity contribution in [3.8, 4) is 17.2 Å². The Bertz CT molecular complexity index is 1110. The normalized spacial score (nSPS) is 16.3. The maximum atomic E-state index is 13.1. The van der Waals surface area contributed by atoms with E-state index in [9.17, 15) is 19.8 Å². The number of hydrogen-bond acceptors (Lipinski definition) is 7. The van der Waals surface area contributed by atoms with E-state index in [0.717, 1.165) is 38.5 Å². The number of hydrogen-bond donors (Lipinski definition) is 2. The van der Waals surface area contributed by atoms with E-state index in [1.807, 2.05) is 0 Å². The fraction of sp³-hybridized carbons (Fsp3) is 0.657. The highest BCUT2D eigenvalue weighted by Crippen LogP contribution is 2.49. The molecule has 0 radical (unpaired) electrons. The summed E-state index contributed by atoms with van der Waals surface area (Å²) < 4.78 is 16.5. The molecule has 1 aromatic rings. The van der Waals surface area contributed by atoms with Crippen LogP contribution in [0, 0.1) is 0 Å². The van der Waals surface area contributed by atoms with Gasteiger partial charge >= 0.3 is 11.9 Å². The van der Waals surface area contributed by atoms with Gasteiger partial charge in [-0.25, -0.2) is 9.59 Å². The summed E-state index contributed by atoms with van der Waals surface area (Å²) in [6.07, 6.45) is 21.7. The molecule has 0 aromatic heterocycles. The molecular formula is C35H52O7. The Hall–Kier alpha value is -2.96. The summed E-state index contributed by atoms with van der Waals surface area (Å²) in [5.74, 6) is -1.41. The van der Waals surface area contributed by atoms with Gasteiger partial charge in [0.15, 0.2) is 23.0 Å². The van der Waals surface area contributed by atoms with Crippen molar-refractivity contribution in [3.05, 3.63) is 34.3 Å². The van der Waals surface area contributed by atoms with E-state index < -0.39 is 11.9 Å². The van der Waals surface area contributed by atoms with Crippen molar-refractivity contribution in [1.82, 2.24) is 0 Å². The van der Waals surface area contributed by atoms with Crippen LogP contribution in [0.1, 0.15) is 147 Å². The molecule has 2 aliphatic rings. The number of unbranched alkanes of at least 4 members (excludes halogenated alkanes) is 16. The van der Waals surface area contributed by atoms with E-state index in [2.05, 4.69) is 13.8 Å². The third-order valence-corrected chi connectivity index (χ3v) is 8.43. The largest absolute Gasteiger partial charge is 0.504 e. The fourth-order valence-electron chi connectivity index (χ4n) is 5.89. The number of phenols is 1. The van der Waals surface area contributed by atoms with Crippen LogP contribution in [0.2, 0.25) is 0 Å². The second kappa shape index (κ2) is 17.9. The summed E-state index contributed by atoms with van der Waals surface area (Å²) in [5.41, 5.74) is 1.05. The first-order chi connectivity index (χ1) is 20.4. The molecule has 0 amide bonds. The van der Waals surface area contributed by atoms with Crippen LogP contribution < -0.4 is 9.47 Å². The predicted octanol–water partition coefficient (Wildman–Crippen LogP) is 9.39. The first-order valence-corrected chi connectivity index (χ1v) is 16.5. The molecule has 0 bridgehead atoms. The lowest BCUT2D eigenvalue weighted by molar-refractivity contribution is -0.133. The van der Waals surface area contributed by atoms with E-state index in [1.165, 1.54) is 90.2 Å². The van der Waals surface area contributed by atoms with Crippen LogP contribution in [0.25, 0.3) is 5.57 Å². The lowest BCUT2D eigenvalue weighted by Gasteiger charge is -2.13. The highest BCUT2D eigenvalue weighted by atomic mass is 16.6. The van der Waals surface area contributed by atoms with Gasteiger partial charge in [-0.3, -0.25) is 0 Å². The zero-order valence-corrected chi connectivity index (χ0v) is 26.2. The Kier molecular flexibility index (Phi) is 14.3. The number of carbonyl (C=O) groups excluding carboxylic acids is 2. The van der Waals surface area contributed by atoms with Crippen molar-refractivity contribution in [3.63, 3.8) is 0 Å². The van der Waals surface area contributed by atoms with Crippen LogP contribution in [0.15, 0.2) is 23.2 Å². The second-order valence-corrected chi connectivity index (χ2v) is 11.7. The molecule has 3 rings (SSSR count). The van der Waals surface area contributed by atoms with Crippen molar-refractivity contribution < 1.29 is 34.0 Å². The Labute approximate surface area is 252 Å². The third kappa shape index (κ3) is 9.02. The molecule has 0 saturated heterocycles. The van der Waals surface area contributed by atoms with Gasteiger partial charge in [0.1, 0.15) is 11.3 Å². The number of esters is 2. The Balaban J connectivity index is 1.66. The fourth-order valence-corrected chi connectivity index (χ4v) is 5.89. The SMILES string of the molecule is CCCCCCCCCCCC1=C(O)/C(=C2\C(=O)Oc3c2cc(OC)c(O)c3CCCCCCCCCCC)OC1=O. The molecule has 0 unspecified atom stereocenters. The molecule has 0 spiro atoms. The molecule has 0 aliphatic carbocycles. The van der Waals surface area contributed by atoms with Gasteiger partial charge in [-0.2, -0.15) is 0 Å². The minimum absolute atomic E-state index is 0.00967. The summed E-state index contributed by atoms with van der Waals surface area (Å²) in [7, 11) is 1.45. The number of cyclic esters (lactones) is 1. The monoisotopic (exact) mass is 584 g/mol. The zero-order valence-electron chi connectivity index (χ0n) is 26.2. The molecule has 2 heterocycles. The summed E-state index contributed by atoms with van der Waals surface area (Å²) in [6.45, 7) is 4.43. The number of fused-ring (bicyclic) bond motifs is 1. The lowest BCUT2D eigenvalue weighted by Crippen LogP contribution is -2.06. The van der Waals surface area contributed by atoms with E-state index in [-0.39, 0.29) is 39.9 Å². The molecule has 0 fully saturated rings. The lowest BCUT2D eigenvalue weighted by atomic mass is 9.96. The molecule has 7 heteroatoms. The molecule has 0 atom stereocenters. The molecule has 234 valence electrons. The van der Waals surface area contributed by atoms with E-state index in [4.69, 9.17) is 14.2 Å². The van der Waals surface area contributed by atoms with Gasteiger partial charge in [-0.15, -0.1) is 0 Å². The number of aromatic hydroxyl groups is 1. The highest BCUT2D eigenvalue weighted by molar-refractivity contribution is 6.24. The molecule has 0 saturated carbocycles. The van der Waals surface area contributed by atoms with Crippen LogP contribution in [0.3, 0.4) is 0 Å². The molecular weight excluding hydrogens is 532 g/mol. The molecule has 1 aromatic carbocycles. The molecule has 2 aliphatic heterocycles. The van der Waals surface area contributed by atoms with E-state index in [1.54, 1.807) is 0 Å². The number of aliphatic hydroxyl groups excluding tert-OH is 1. The van der Waals surface area contributed by atoms with Gasteiger partial charge in [-0.1, -0.05) is 117 Å². The maximum Gasteiger partial charge on any atom is 0.348 e. The summed E-state index contributed by atoms with van der Waals surface area (Å²) >= 11 is 0. The van der Waals surface area contributed by atoms with Crippen LogP contribution >= 0.6 is 0 Å². The maximum absolute atomic E-state index is 13.1. The average Bonchev–Trinajstić information content (AvgIpc) is 3.45. The Morgan fingerprint density at radius 3 is 1.69 bits per heavy atom. The minimum Gasteiger partial charge on any atom is -0.504 e. The van der Waals surface area contributed by atoms with Crippen molar-refractivity contribution in [2.75, 3.05) is 7.11 Å². The van der Waals surface area contributed by atoms with E-state index >= 15 is 0 Å². The number of rotatable bonds is 21. The number of ether oxygens (including phenoxy) is 3. The predicted molar refractivity (Wildman–Crippen MR) is 166 cm³/mol. The summed E-state index contributed by atoms with van der Waals surface area (Å²) in [5, 5.41) is 21.9. The van der Waals surface area contributed by atoms with Crippen molar-refractivity contribution >= 4 is 17.5 Å². The molecule has 2 N–H and O–H groups in total. The minimum atomic E-state index is -0.718. The number of aliphatic hydroxyl groups is 1. The Morgan fingerprint density at radius 1 is 0.667 bits per heavy atom. The summed E-state index contributed by atoms with van der Waals surface area (Å²) in [6, 6.07) is 1.51. The van der Waals surface area contributed by atoms with Crippen molar-refractivity contribution in [2.24, 2.45) is 0 Å². The highest BCUT2D eigenvalue weighted by Gasteiger charge is 2.41. The van der Waals surface area contributed by atoms with Crippen molar-refractivity contribution in [2.45, 2.75) is 142 Å². The van der Waals surface area contributed by atoms with Gasteiger partial charge in [0.25, 0.3) is 0 Å². The topological polar surface area (TPSA) is 102 Å². The van der Waals surface area contributed by atoms with Gasteiger partial charge in [-0.05, 0) is 31.7 Å². The van der Waals surface area contributed by atoms with Crippen LogP contribution in [0.5, 0.6) is 17.2 Å². The van der Waals surface area contributed by atoms with Gasteiger partial charge < -0.3 is 24.4 Å². The third-order valence-electron chi connectivity index (χ3n) is 8.43. The smallest absolute Gasteiger partial charge is 0.348 e. The number of benzene rings is 1. The van der Waals surface area contributed by atoms with Crippen LogP contribution in [0.4, 0.5) is 0 Å². The van der Waals surface area contributed by atoms with Gasteiger partial charge in [0.2, 0.25) is 0 Å². The zero-order chi connectivity index (χ0) is 30.3. The second-order valence-electron chi connectivity index (χ2n) is 11.7.